The molecule has 0 bridgehead atoms. The summed E-state index contributed by atoms with van der Waals surface area (Å²) < 4.78 is 5.82. The molecular formula is C9H6BrN2O3. The maximum absolute atomic E-state index is 11.3. The third-order valence-corrected chi connectivity index (χ3v) is 2.33. The van der Waals surface area contributed by atoms with Gasteiger partial charge in [-0.3, -0.25) is 9.59 Å². The quantitative estimate of drug-likeness (QED) is 0.726. The van der Waals surface area contributed by atoms with Crippen LogP contribution in [0.3, 0.4) is 0 Å². The molecule has 77 valence electrons. The van der Waals surface area contributed by atoms with Crippen LogP contribution in [0.25, 0.3) is 0 Å². The molecule has 1 aliphatic heterocycles. The third-order valence-electron chi connectivity index (χ3n) is 1.88. The summed E-state index contributed by atoms with van der Waals surface area (Å²) in [5.41, 5.74) is 5.48. The summed E-state index contributed by atoms with van der Waals surface area (Å²) in [4.78, 5) is 22.2. The second kappa shape index (κ2) is 3.54. The van der Waals surface area contributed by atoms with Gasteiger partial charge in [0, 0.05) is 4.47 Å². The van der Waals surface area contributed by atoms with Crippen molar-refractivity contribution >= 4 is 33.4 Å². The van der Waals surface area contributed by atoms with E-state index in [0.29, 0.717) is 15.9 Å². The van der Waals surface area contributed by atoms with Crippen LogP contribution in [0.15, 0.2) is 16.6 Å². The fourth-order valence-electron chi connectivity index (χ4n) is 1.21. The van der Waals surface area contributed by atoms with Crippen LogP contribution in [0, 0.1) is 6.07 Å². The summed E-state index contributed by atoms with van der Waals surface area (Å²) in [6.45, 7) is 0. The molecule has 0 fully saturated rings. The lowest BCUT2D eigenvalue weighted by atomic mass is 10.2. The van der Waals surface area contributed by atoms with E-state index in [1.807, 2.05) is 0 Å². The first kappa shape index (κ1) is 9.97. The van der Waals surface area contributed by atoms with Crippen molar-refractivity contribution in [3.05, 3.63) is 22.7 Å². The molecule has 3 N–H and O–H groups in total. The monoisotopic (exact) mass is 269 g/mol. The van der Waals surface area contributed by atoms with Crippen LogP contribution in [0.5, 0.6) is 5.75 Å². The molecule has 0 aromatic heterocycles. The molecule has 1 unspecified atom stereocenters. The number of benzene rings is 1. The zero-order chi connectivity index (χ0) is 11.0. The summed E-state index contributed by atoms with van der Waals surface area (Å²) >= 11 is 3.20. The molecule has 0 aliphatic carbocycles. The van der Waals surface area contributed by atoms with Crippen LogP contribution in [0.1, 0.15) is 0 Å². The Balaban J connectivity index is 2.39. The fourth-order valence-corrected chi connectivity index (χ4v) is 1.53. The van der Waals surface area contributed by atoms with Gasteiger partial charge in [-0.15, -0.1) is 0 Å². The van der Waals surface area contributed by atoms with Crippen molar-refractivity contribution in [2.24, 2.45) is 5.73 Å². The van der Waals surface area contributed by atoms with Crippen LogP contribution in [0.4, 0.5) is 5.69 Å². The summed E-state index contributed by atoms with van der Waals surface area (Å²) in [5, 5.41) is 2.50. The standard InChI is InChI=1S/C9H6BrN2O3/c10-4-1-2-5-6(3-4)15-7(8(11)13)9(14)12-5/h2-3,7H,(H2,11,13)(H,12,14). The number of ether oxygens (including phenoxy) is 1. The van der Waals surface area contributed by atoms with E-state index >= 15 is 0 Å². The predicted molar refractivity (Wildman–Crippen MR) is 55.2 cm³/mol. The first-order chi connectivity index (χ1) is 7.08. The topological polar surface area (TPSA) is 81.4 Å². The minimum absolute atomic E-state index is 0.393. The zero-order valence-corrected chi connectivity index (χ0v) is 9.00. The van der Waals surface area contributed by atoms with Gasteiger partial charge in [0.25, 0.3) is 17.9 Å². The van der Waals surface area contributed by atoms with Gasteiger partial charge in [0.2, 0.25) is 0 Å². The van der Waals surface area contributed by atoms with Gasteiger partial charge in [-0.1, -0.05) is 15.9 Å². The molecule has 2 rings (SSSR count). The van der Waals surface area contributed by atoms with Gasteiger partial charge >= 0.3 is 0 Å². The van der Waals surface area contributed by atoms with Gasteiger partial charge < -0.3 is 15.8 Å². The predicted octanol–water partition coefficient (Wildman–Crippen LogP) is 0.434. The van der Waals surface area contributed by atoms with E-state index in [9.17, 15) is 9.59 Å². The molecule has 0 saturated carbocycles. The molecule has 1 aliphatic rings. The third kappa shape index (κ3) is 1.80. The lowest BCUT2D eigenvalue weighted by Crippen LogP contribution is -2.46. The van der Waals surface area contributed by atoms with E-state index in [4.69, 9.17) is 10.5 Å². The average molecular weight is 270 g/mol. The van der Waals surface area contributed by atoms with E-state index in [0.717, 1.165) is 0 Å². The molecular weight excluding hydrogens is 264 g/mol. The van der Waals surface area contributed by atoms with Gasteiger partial charge in [0.05, 0.1) is 5.69 Å². The molecule has 2 amide bonds. The maximum Gasteiger partial charge on any atom is 0.275 e. The minimum Gasteiger partial charge on any atom is -0.468 e. The van der Waals surface area contributed by atoms with Gasteiger partial charge in [0.1, 0.15) is 5.75 Å². The molecule has 0 saturated heterocycles. The molecule has 6 heteroatoms. The van der Waals surface area contributed by atoms with Crippen LogP contribution in [0.2, 0.25) is 0 Å². The van der Waals surface area contributed by atoms with E-state index in [1.54, 1.807) is 12.1 Å². The largest absolute Gasteiger partial charge is 0.468 e. The zero-order valence-electron chi connectivity index (χ0n) is 7.41. The molecule has 0 spiro atoms. The van der Waals surface area contributed by atoms with Crippen LogP contribution in [-0.2, 0) is 9.59 Å². The number of hydrogen-bond donors (Lipinski definition) is 2. The second-order valence-corrected chi connectivity index (χ2v) is 3.80. The summed E-state index contributed by atoms with van der Waals surface area (Å²) in [6, 6.07) is 5.98. The first-order valence-corrected chi connectivity index (χ1v) is 4.85. The van der Waals surface area contributed by atoms with E-state index < -0.39 is 17.9 Å². The molecule has 1 radical (unpaired) electrons. The second-order valence-electron chi connectivity index (χ2n) is 2.95. The number of nitrogens with one attached hydrogen (secondary N) is 1. The highest BCUT2D eigenvalue weighted by Crippen LogP contribution is 2.31. The Bertz CT molecular complexity index is 447. The highest BCUT2D eigenvalue weighted by atomic mass is 79.9. The number of hydrogen-bond acceptors (Lipinski definition) is 3. The number of anilines is 1. The van der Waals surface area contributed by atoms with Gasteiger partial charge in [-0.2, -0.15) is 0 Å². The lowest BCUT2D eigenvalue weighted by Gasteiger charge is -2.23. The Morgan fingerprint density at radius 1 is 1.67 bits per heavy atom. The minimum atomic E-state index is -1.27. The Labute approximate surface area is 93.7 Å². The van der Waals surface area contributed by atoms with Crippen LogP contribution < -0.4 is 15.8 Å². The highest BCUT2D eigenvalue weighted by Gasteiger charge is 2.32. The number of primary amides is 1. The number of carbonyl (C=O) groups excluding carboxylic acids is 2. The molecule has 1 atom stereocenters. The van der Waals surface area contributed by atoms with Crippen LogP contribution in [-0.4, -0.2) is 17.9 Å². The van der Waals surface area contributed by atoms with E-state index in [2.05, 4.69) is 27.3 Å². The average Bonchev–Trinajstić information content (AvgIpc) is 2.17. The number of fused-ring (bicyclic) bond motifs is 1. The van der Waals surface area contributed by atoms with Crippen molar-refractivity contribution < 1.29 is 14.3 Å². The van der Waals surface area contributed by atoms with Crippen molar-refractivity contribution in [3.63, 3.8) is 0 Å². The van der Waals surface area contributed by atoms with Gasteiger partial charge in [-0.05, 0) is 18.2 Å². The first-order valence-electron chi connectivity index (χ1n) is 4.06. The number of rotatable bonds is 1. The number of nitrogens with two attached hydrogens (primary N) is 1. The lowest BCUT2D eigenvalue weighted by molar-refractivity contribution is -0.135. The highest BCUT2D eigenvalue weighted by molar-refractivity contribution is 9.10. The van der Waals surface area contributed by atoms with E-state index in [-0.39, 0.29) is 0 Å². The normalized spacial score (nSPS) is 18.7. The van der Waals surface area contributed by atoms with Crippen molar-refractivity contribution in [2.75, 3.05) is 5.32 Å². The molecule has 1 aromatic carbocycles. The van der Waals surface area contributed by atoms with Gasteiger partial charge in [0.15, 0.2) is 0 Å². The summed E-state index contributed by atoms with van der Waals surface area (Å²) in [5.74, 6) is -0.989. The SMILES string of the molecule is NC(=O)C1Oc2cc(Br)[c]cc2NC1=O. The Morgan fingerprint density at radius 3 is 3.07 bits per heavy atom. The molecule has 15 heavy (non-hydrogen) atoms. The Morgan fingerprint density at radius 2 is 2.40 bits per heavy atom. The maximum atomic E-state index is 11.3. The number of halogens is 1. The van der Waals surface area contributed by atoms with Crippen molar-refractivity contribution in [1.82, 2.24) is 0 Å². The summed E-state index contributed by atoms with van der Waals surface area (Å²) in [6.07, 6.45) is -1.27. The Hall–Kier alpha value is -1.56. The molecule has 5 nitrogen and oxygen atoms in total. The summed E-state index contributed by atoms with van der Waals surface area (Å²) in [7, 11) is 0. The van der Waals surface area contributed by atoms with E-state index in [1.165, 1.54) is 0 Å². The van der Waals surface area contributed by atoms with Gasteiger partial charge in [-0.25, -0.2) is 0 Å². The smallest absolute Gasteiger partial charge is 0.275 e. The molecule has 1 aromatic rings. The number of amides is 2. The number of carbonyl (C=O) groups is 2. The Kier molecular flexibility index (Phi) is 2.36. The van der Waals surface area contributed by atoms with Crippen molar-refractivity contribution in [3.8, 4) is 5.75 Å². The fraction of sp³-hybridized carbons (Fsp3) is 0.111. The van der Waals surface area contributed by atoms with Crippen molar-refractivity contribution in [2.45, 2.75) is 6.10 Å². The van der Waals surface area contributed by atoms with Crippen molar-refractivity contribution in [1.29, 1.82) is 0 Å². The van der Waals surface area contributed by atoms with Crippen LogP contribution >= 0.6 is 15.9 Å². The molecule has 1 heterocycles.